The minimum Gasteiger partial charge on any atom is -0.391 e. The van der Waals surface area contributed by atoms with Gasteiger partial charge in [0.15, 0.2) is 0 Å². The monoisotopic (exact) mass is 370 g/mol. The molecule has 0 bridgehead atoms. The van der Waals surface area contributed by atoms with Gasteiger partial charge in [0.1, 0.15) is 0 Å². The van der Waals surface area contributed by atoms with Crippen molar-refractivity contribution in [3.8, 4) is 0 Å². The van der Waals surface area contributed by atoms with Gasteiger partial charge in [0.25, 0.3) is 10.1 Å². The van der Waals surface area contributed by atoms with E-state index in [1.54, 1.807) is 12.1 Å². The van der Waals surface area contributed by atoms with Gasteiger partial charge < -0.3 is 5.11 Å². The zero-order chi connectivity index (χ0) is 18.2. The molecule has 1 N–H and O–H groups in total. The van der Waals surface area contributed by atoms with Crippen LogP contribution in [0.4, 0.5) is 0 Å². The Morgan fingerprint density at radius 1 is 1.17 bits per heavy atom. The van der Waals surface area contributed by atoms with Gasteiger partial charge in [-0.3, -0.25) is 4.18 Å². The van der Waals surface area contributed by atoms with Crippen molar-refractivity contribution in [2.75, 3.05) is 6.61 Å². The predicted octanol–water partition coefficient (Wildman–Crippen LogP) is 4.13. The zero-order valence-electron chi connectivity index (χ0n) is 15.2. The number of aliphatic hydroxyl groups excluding tert-OH is 1. The van der Waals surface area contributed by atoms with Crippen LogP contribution < -0.4 is 0 Å². The van der Waals surface area contributed by atoms with Crippen molar-refractivity contribution in [1.82, 2.24) is 0 Å². The van der Waals surface area contributed by atoms with Gasteiger partial charge in [-0.1, -0.05) is 49.5 Å². The maximum absolute atomic E-state index is 12.0. The summed E-state index contributed by atoms with van der Waals surface area (Å²) >= 11 is 0. The van der Waals surface area contributed by atoms with Crippen molar-refractivity contribution >= 4 is 18.2 Å². The Hall–Kier alpha value is -0.953. The van der Waals surface area contributed by atoms with Crippen LogP contribution in [0.1, 0.15) is 24.8 Å². The SMILES string of the molecule is Cc1ccc(S(=O)(=O)OC[C@@H](O)CCC/C=C\C[Si](C)(C)C)cc1. The number of rotatable bonds is 10. The van der Waals surface area contributed by atoms with Crippen LogP contribution in [0.5, 0.6) is 0 Å². The van der Waals surface area contributed by atoms with Crippen LogP contribution >= 0.6 is 0 Å². The summed E-state index contributed by atoms with van der Waals surface area (Å²) in [4.78, 5) is 0.120. The van der Waals surface area contributed by atoms with Crippen molar-refractivity contribution in [2.24, 2.45) is 0 Å². The second-order valence-corrected chi connectivity index (χ2v) is 14.5. The molecule has 1 aromatic carbocycles. The summed E-state index contributed by atoms with van der Waals surface area (Å²) in [6.45, 7) is 8.67. The summed E-state index contributed by atoms with van der Waals surface area (Å²) < 4.78 is 29.0. The molecule has 4 nitrogen and oxygen atoms in total. The second kappa shape index (κ2) is 9.51. The largest absolute Gasteiger partial charge is 0.391 e. The first-order valence-electron chi connectivity index (χ1n) is 8.39. The number of aryl methyl sites for hydroxylation is 1. The molecule has 0 aliphatic carbocycles. The lowest BCUT2D eigenvalue weighted by Gasteiger charge is -2.12. The predicted molar refractivity (Wildman–Crippen MR) is 101 cm³/mol. The summed E-state index contributed by atoms with van der Waals surface area (Å²) in [5.41, 5.74) is 0.983. The highest BCUT2D eigenvalue weighted by molar-refractivity contribution is 7.86. The maximum atomic E-state index is 12.0. The molecule has 0 saturated carbocycles. The quantitative estimate of drug-likeness (QED) is 0.291. The molecule has 24 heavy (non-hydrogen) atoms. The molecule has 0 heterocycles. The van der Waals surface area contributed by atoms with Gasteiger partial charge in [0, 0.05) is 8.07 Å². The van der Waals surface area contributed by atoms with Crippen LogP contribution in [0.25, 0.3) is 0 Å². The van der Waals surface area contributed by atoms with E-state index in [-0.39, 0.29) is 11.5 Å². The van der Waals surface area contributed by atoms with E-state index in [1.165, 1.54) is 12.1 Å². The van der Waals surface area contributed by atoms with E-state index in [4.69, 9.17) is 4.18 Å². The number of hydrogen-bond acceptors (Lipinski definition) is 4. The standard InChI is InChI=1S/C18H30O4SSi/c1-16-10-12-18(13-11-16)23(20,21)22-15-17(19)9-7-5-6-8-14-24(2,3)4/h6,8,10-13,17,19H,5,7,9,14-15H2,1-4H3/b8-6-/t17-/m0/s1. The van der Waals surface area contributed by atoms with Crippen molar-refractivity contribution in [1.29, 1.82) is 0 Å². The van der Waals surface area contributed by atoms with E-state index in [1.807, 2.05) is 6.92 Å². The fraction of sp³-hybridized carbons (Fsp3) is 0.556. The molecule has 1 atom stereocenters. The van der Waals surface area contributed by atoms with E-state index in [9.17, 15) is 13.5 Å². The van der Waals surface area contributed by atoms with Gasteiger partial charge in [-0.2, -0.15) is 8.42 Å². The highest BCUT2D eigenvalue weighted by Gasteiger charge is 2.17. The smallest absolute Gasteiger partial charge is 0.297 e. The van der Waals surface area contributed by atoms with Gasteiger partial charge in [-0.05, 0) is 44.4 Å². The molecule has 0 aromatic heterocycles. The van der Waals surface area contributed by atoms with Gasteiger partial charge in [-0.25, -0.2) is 0 Å². The van der Waals surface area contributed by atoms with Crippen LogP contribution in [0, 0.1) is 6.92 Å². The first-order chi connectivity index (χ1) is 11.1. The highest BCUT2D eigenvalue weighted by atomic mass is 32.2. The van der Waals surface area contributed by atoms with Crippen LogP contribution in [-0.4, -0.2) is 34.3 Å². The minimum atomic E-state index is -3.80. The molecule has 0 spiro atoms. The number of hydrogen-bond donors (Lipinski definition) is 1. The molecular formula is C18H30O4SSi. The van der Waals surface area contributed by atoms with Crippen molar-refractivity contribution in [2.45, 2.75) is 62.9 Å². The first kappa shape index (κ1) is 21.1. The van der Waals surface area contributed by atoms with E-state index in [0.717, 1.165) is 24.4 Å². The van der Waals surface area contributed by atoms with Crippen LogP contribution in [0.3, 0.4) is 0 Å². The topological polar surface area (TPSA) is 63.6 Å². The maximum Gasteiger partial charge on any atom is 0.297 e. The Bertz CT molecular complexity index is 615. The number of unbranched alkanes of at least 4 members (excludes halogenated alkanes) is 1. The molecule has 1 aromatic rings. The minimum absolute atomic E-state index is 0.120. The summed E-state index contributed by atoms with van der Waals surface area (Å²) in [6.07, 6.45) is 5.84. The van der Waals surface area contributed by atoms with E-state index < -0.39 is 24.3 Å². The normalized spacial score (nSPS) is 14.2. The lowest BCUT2D eigenvalue weighted by molar-refractivity contribution is 0.101. The van der Waals surface area contributed by atoms with E-state index >= 15 is 0 Å². The van der Waals surface area contributed by atoms with Crippen molar-refractivity contribution in [3.63, 3.8) is 0 Å². The van der Waals surface area contributed by atoms with E-state index in [0.29, 0.717) is 6.42 Å². The molecule has 1 rings (SSSR count). The summed E-state index contributed by atoms with van der Waals surface area (Å²) in [7, 11) is -4.83. The molecular weight excluding hydrogens is 340 g/mol. The van der Waals surface area contributed by atoms with Crippen LogP contribution in [0.15, 0.2) is 41.3 Å². The lowest BCUT2D eigenvalue weighted by atomic mass is 10.1. The van der Waals surface area contributed by atoms with Gasteiger partial charge in [0.2, 0.25) is 0 Å². The Kier molecular flexibility index (Phi) is 8.36. The average molecular weight is 371 g/mol. The molecule has 0 fully saturated rings. The van der Waals surface area contributed by atoms with Gasteiger partial charge in [-0.15, -0.1) is 0 Å². The Morgan fingerprint density at radius 2 is 1.79 bits per heavy atom. The fourth-order valence-corrected chi connectivity index (χ4v) is 3.87. The first-order valence-corrected chi connectivity index (χ1v) is 13.5. The van der Waals surface area contributed by atoms with Crippen molar-refractivity contribution in [3.05, 3.63) is 42.0 Å². The molecule has 0 aliphatic heterocycles. The van der Waals surface area contributed by atoms with Crippen LogP contribution in [-0.2, 0) is 14.3 Å². The molecule has 0 saturated heterocycles. The number of aliphatic hydroxyl groups is 1. The van der Waals surface area contributed by atoms with Gasteiger partial charge >= 0.3 is 0 Å². The molecule has 0 aliphatic rings. The molecule has 6 heteroatoms. The van der Waals surface area contributed by atoms with E-state index in [2.05, 4.69) is 31.8 Å². The lowest BCUT2D eigenvalue weighted by Crippen LogP contribution is -2.19. The highest BCUT2D eigenvalue weighted by Crippen LogP contribution is 2.14. The third-order valence-corrected chi connectivity index (χ3v) is 6.29. The Labute approximate surface area is 147 Å². The van der Waals surface area contributed by atoms with Gasteiger partial charge in [0.05, 0.1) is 17.6 Å². The number of benzene rings is 1. The summed E-state index contributed by atoms with van der Waals surface area (Å²) in [5.74, 6) is 0. The summed E-state index contributed by atoms with van der Waals surface area (Å²) in [5, 5.41) is 9.88. The van der Waals surface area contributed by atoms with Crippen LogP contribution in [0.2, 0.25) is 25.7 Å². The molecule has 0 amide bonds. The fourth-order valence-electron chi connectivity index (χ4n) is 2.05. The molecule has 136 valence electrons. The molecule has 0 radical (unpaired) electrons. The Morgan fingerprint density at radius 3 is 2.38 bits per heavy atom. The number of allylic oxidation sites excluding steroid dienone is 2. The zero-order valence-corrected chi connectivity index (χ0v) is 17.0. The summed E-state index contributed by atoms with van der Waals surface area (Å²) in [6, 6.07) is 7.63. The second-order valence-electron chi connectivity index (χ2n) is 7.37. The average Bonchev–Trinajstić information content (AvgIpc) is 2.48. The molecule has 0 unspecified atom stereocenters. The third kappa shape index (κ3) is 8.77. The Balaban J connectivity index is 2.30. The van der Waals surface area contributed by atoms with Crippen molar-refractivity contribution < 1.29 is 17.7 Å². The third-order valence-electron chi connectivity index (χ3n) is 3.53.